The van der Waals surface area contributed by atoms with Gasteiger partial charge in [-0.15, -0.1) is 0 Å². The van der Waals surface area contributed by atoms with Gasteiger partial charge in [0.25, 0.3) is 0 Å². The van der Waals surface area contributed by atoms with Crippen LogP contribution < -0.4 is 14.4 Å². The Balaban J connectivity index is 1.81. The fourth-order valence-electron chi connectivity index (χ4n) is 3.43. The molecule has 0 N–H and O–H groups in total. The number of anilines is 1. The molecule has 0 radical (unpaired) electrons. The topological polar surface area (TPSA) is 89.0 Å². The summed E-state index contributed by atoms with van der Waals surface area (Å²) in [6, 6.07) is 11.9. The van der Waals surface area contributed by atoms with Gasteiger partial charge in [0.1, 0.15) is 17.0 Å². The fourth-order valence-corrected chi connectivity index (χ4v) is 5.68. The van der Waals surface area contributed by atoms with Gasteiger partial charge in [-0.1, -0.05) is 17.4 Å². The van der Waals surface area contributed by atoms with Crippen molar-refractivity contribution in [2.45, 2.75) is 24.7 Å². The van der Waals surface area contributed by atoms with Crippen molar-refractivity contribution in [3.05, 3.63) is 42.5 Å². The summed E-state index contributed by atoms with van der Waals surface area (Å²) < 4.78 is 37.3. The number of aromatic nitrogens is 1. The number of fused-ring (bicyclic) bond motifs is 1. The Kier molecular flexibility index (Phi) is 8.87. The van der Waals surface area contributed by atoms with Gasteiger partial charge < -0.3 is 14.4 Å². The van der Waals surface area contributed by atoms with Crippen LogP contribution >= 0.6 is 11.3 Å². The van der Waals surface area contributed by atoms with E-state index in [1.54, 1.807) is 17.0 Å². The molecule has 0 saturated carbocycles. The second kappa shape index (κ2) is 11.6. The Morgan fingerprint density at radius 3 is 2.47 bits per heavy atom. The van der Waals surface area contributed by atoms with Crippen molar-refractivity contribution in [1.82, 2.24) is 9.88 Å². The molecular weight excluding hydrogens is 474 g/mol. The Morgan fingerprint density at radius 2 is 1.82 bits per heavy atom. The van der Waals surface area contributed by atoms with Crippen LogP contribution in [0, 0.1) is 0 Å². The first kappa shape index (κ1) is 25.9. The quantitative estimate of drug-likeness (QED) is 0.369. The van der Waals surface area contributed by atoms with Crippen LogP contribution in [0.3, 0.4) is 0 Å². The number of thiazole rings is 1. The predicted octanol–water partition coefficient (Wildman–Crippen LogP) is 3.85. The van der Waals surface area contributed by atoms with Crippen LogP contribution in [0.25, 0.3) is 10.2 Å². The summed E-state index contributed by atoms with van der Waals surface area (Å²) in [7, 11) is 1.85. The zero-order valence-electron chi connectivity index (χ0n) is 20.0. The molecule has 2 aromatic carbocycles. The van der Waals surface area contributed by atoms with Crippen molar-refractivity contribution >= 4 is 42.4 Å². The van der Waals surface area contributed by atoms with Crippen molar-refractivity contribution in [3.8, 4) is 11.5 Å². The molecule has 3 rings (SSSR count). The standard InChI is InChI=1S/C24H31N3O5S2/c1-5-32-20-8-6-9-21-23(20)25-24(33-21)27(16-7-15-26(2)3)22(28)14-17-34(29,30)19-12-10-18(31-4)11-13-19/h6,8-13H,5,7,14-17H2,1-4H3. The van der Waals surface area contributed by atoms with Gasteiger partial charge in [-0.05, 0) is 70.4 Å². The van der Waals surface area contributed by atoms with Gasteiger partial charge >= 0.3 is 0 Å². The van der Waals surface area contributed by atoms with Crippen LogP contribution in [-0.4, -0.2) is 70.9 Å². The fraction of sp³-hybridized carbons (Fsp3) is 0.417. The highest BCUT2D eigenvalue weighted by Crippen LogP contribution is 2.34. The molecule has 1 amide bonds. The normalized spacial score (nSPS) is 11.7. The largest absolute Gasteiger partial charge is 0.497 e. The third-order valence-corrected chi connectivity index (χ3v) is 7.97. The molecule has 0 spiro atoms. The minimum absolute atomic E-state index is 0.134. The molecule has 0 fully saturated rings. The molecule has 10 heteroatoms. The van der Waals surface area contributed by atoms with Gasteiger partial charge in [-0.25, -0.2) is 13.4 Å². The van der Waals surface area contributed by atoms with E-state index in [0.717, 1.165) is 17.7 Å². The first-order chi connectivity index (χ1) is 16.2. The maximum atomic E-state index is 13.2. The monoisotopic (exact) mass is 505 g/mol. The maximum absolute atomic E-state index is 13.2. The molecule has 0 unspecified atom stereocenters. The molecule has 0 saturated heterocycles. The van der Waals surface area contributed by atoms with Gasteiger partial charge in [-0.2, -0.15) is 0 Å². The Labute approximate surface area is 205 Å². The van der Waals surface area contributed by atoms with Crippen molar-refractivity contribution in [2.24, 2.45) is 0 Å². The lowest BCUT2D eigenvalue weighted by Gasteiger charge is -2.21. The molecule has 0 aliphatic rings. The molecule has 0 atom stereocenters. The van der Waals surface area contributed by atoms with Crippen molar-refractivity contribution < 1.29 is 22.7 Å². The molecule has 1 aromatic heterocycles. The number of rotatable bonds is 12. The van der Waals surface area contributed by atoms with Crippen LogP contribution in [0.4, 0.5) is 5.13 Å². The SMILES string of the molecule is CCOc1cccc2sc(N(CCCN(C)C)C(=O)CCS(=O)(=O)c3ccc(OC)cc3)nc12. The summed E-state index contributed by atoms with van der Waals surface area (Å²) in [6.45, 7) is 3.67. The number of ether oxygens (including phenoxy) is 2. The van der Waals surface area contributed by atoms with E-state index in [2.05, 4.69) is 0 Å². The van der Waals surface area contributed by atoms with Gasteiger partial charge in [0, 0.05) is 13.0 Å². The lowest BCUT2D eigenvalue weighted by atomic mass is 10.3. The van der Waals surface area contributed by atoms with Crippen LogP contribution in [0.2, 0.25) is 0 Å². The van der Waals surface area contributed by atoms with E-state index in [1.807, 2.05) is 44.1 Å². The van der Waals surface area contributed by atoms with E-state index in [9.17, 15) is 13.2 Å². The molecular formula is C24H31N3O5S2. The number of amides is 1. The predicted molar refractivity (Wildman–Crippen MR) is 136 cm³/mol. The molecule has 3 aromatic rings. The van der Waals surface area contributed by atoms with Crippen LogP contribution in [0.1, 0.15) is 19.8 Å². The summed E-state index contributed by atoms with van der Waals surface area (Å²) in [5.41, 5.74) is 0.709. The molecule has 8 nitrogen and oxygen atoms in total. The van der Waals surface area contributed by atoms with E-state index >= 15 is 0 Å². The number of carbonyl (C=O) groups is 1. The highest BCUT2D eigenvalue weighted by atomic mass is 32.2. The minimum atomic E-state index is -3.62. The van der Waals surface area contributed by atoms with Gasteiger partial charge in [0.05, 0.1) is 29.1 Å². The number of para-hydroxylation sites is 1. The van der Waals surface area contributed by atoms with Crippen molar-refractivity contribution in [1.29, 1.82) is 0 Å². The summed E-state index contributed by atoms with van der Waals surface area (Å²) >= 11 is 1.40. The number of nitrogens with zero attached hydrogens (tertiary/aromatic N) is 3. The number of carbonyl (C=O) groups excluding carboxylic acids is 1. The van der Waals surface area contributed by atoms with Crippen LogP contribution in [0.5, 0.6) is 11.5 Å². The Morgan fingerprint density at radius 1 is 1.09 bits per heavy atom. The summed E-state index contributed by atoms with van der Waals surface area (Å²) in [5, 5.41) is 0.549. The van der Waals surface area contributed by atoms with E-state index in [0.29, 0.717) is 35.3 Å². The average molecular weight is 506 g/mol. The first-order valence-corrected chi connectivity index (χ1v) is 13.6. The zero-order valence-corrected chi connectivity index (χ0v) is 21.6. The first-order valence-electron chi connectivity index (χ1n) is 11.1. The maximum Gasteiger partial charge on any atom is 0.229 e. The number of methoxy groups -OCH3 is 1. The van der Waals surface area contributed by atoms with Crippen molar-refractivity contribution in [2.75, 3.05) is 51.6 Å². The Bertz CT molecular complexity index is 1210. The third-order valence-electron chi connectivity index (χ3n) is 5.19. The molecule has 0 bridgehead atoms. The molecule has 0 aliphatic carbocycles. The smallest absolute Gasteiger partial charge is 0.229 e. The van der Waals surface area contributed by atoms with Gasteiger partial charge in [0.15, 0.2) is 15.0 Å². The van der Waals surface area contributed by atoms with Crippen LogP contribution in [0.15, 0.2) is 47.4 Å². The summed E-state index contributed by atoms with van der Waals surface area (Å²) in [5.74, 6) is 0.694. The summed E-state index contributed by atoms with van der Waals surface area (Å²) in [6.07, 6.45) is 0.600. The number of hydrogen-bond acceptors (Lipinski definition) is 8. The second-order valence-electron chi connectivity index (χ2n) is 7.98. The van der Waals surface area contributed by atoms with Gasteiger partial charge in [0.2, 0.25) is 5.91 Å². The second-order valence-corrected chi connectivity index (χ2v) is 11.1. The van der Waals surface area contributed by atoms with E-state index in [4.69, 9.17) is 14.5 Å². The van der Waals surface area contributed by atoms with Crippen LogP contribution in [-0.2, 0) is 14.6 Å². The van der Waals surface area contributed by atoms with E-state index in [1.165, 1.54) is 30.6 Å². The summed E-state index contributed by atoms with van der Waals surface area (Å²) in [4.78, 5) is 21.8. The highest BCUT2D eigenvalue weighted by molar-refractivity contribution is 7.91. The van der Waals surface area contributed by atoms with Gasteiger partial charge in [-0.3, -0.25) is 9.69 Å². The minimum Gasteiger partial charge on any atom is -0.497 e. The number of sulfone groups is 1. The third kappa shape index (κ3) is 6.46. The molecule has 1 heterocycles. The molecule has 184 valence electrons. The molecule has 34 heavy (non-hydrogen) atoms. The average Bonchev–Trinajstić information content (AvgIpc) is 3.25. The number of benzene rings is 2. The Hall–Kier alpha value is -2.69. The lowest BCUT2D eigenvalue weighted by Crippen LogP contribution is -2.34. The van der Waals surface area contributed by atoms with E-state index in [-0.39, 0.29) is 23.0 Å². The number of hydrogen-bond donors (Lipinski definition) is 0. The van der Waals surface area contributed by atoms with Crippen molar-refractivity contribution in [3.63, 3.8) is 0 Å². The molecule has 0 aliphatic heterocycles. The lowest BCUT2D eigenvalue weighted by molar-refractivity contribution is -0.118. The zero-order chi connectivity index (χ0) is 24.7. The van der Waals surface area contributed by atoms with E-state index < -0.39 is 9.84 Å². The highest BCUT2D eigenvalue weighted by Gasteiger charge is 2.24.